The quantitative estimate of drug-likeness (QED) is 0.843. The number of benzene rings is 1. The summed E-state index contributed by atoms with van der Waals surface area (Å²) < 4.78 is 0. The molecular formula is C20H26N2O. The Morgan fingerprint density at radius 2 is 1.87 bits per heavy atom. The first-order valence-electron chi connectivity index (χ1n) is 9.04. The van der Waals surface area contributed by atoms with Gasteiger partial charge in [0.05, 0.1) is 0 Å². The van der Waals surface area contributed by atoms with Crippen LogP contribution in [0.4, 0.5) is 0 Å². The van der Waals surface area contributed by atoms with Gasteiger partial charge in [-0.05, 0) is 67.7 Å². The lowest BCUT2D eigenvalue weighted by atomic mass is 9.91. The molecule has 2 aromatic rings. The van der Waals surface area contributed by atoms with Gasteiger partial charge in [0.2, 0.25) is 0 Å². The molecule has 0 radical (unpaired) electrons. The summed E-state index contributed by atoms with van der Waals surface area (Å²) in [4.78, 5) is 18.5. The minimum Gasteiger partial charge on any atom is -0.358 e. The molecule has 23 heavy (non-hydrogen) atoms. The summed E-state index contributed by atoms with van der Waals surface area (Å²) >= 11 is 0. The van der Waals surface area contributed by atoms with Gasteiger partial charge in [-0.3, -0.25) is 4.79 Å². The third-order valence-corrected chi connectivity index (χ3v) is 5.50. The molecule has 4 rings (SSSR count). The van der Waals surface area contributed by atoms with E-state index in [0.717, 1.165) is 31.5 Å². The van der Waals surface area contributed by atoms with Crippen LogP contribution in [0.2, 0.25) is 0 Å². The Morgan fingerprint density at radius 3 is 2.65 bits per heavy atom. The normalized spacial score (nSPS) is 24.7. The zero-order valence-electron chi connectivity index (χ0n) is 14.2. The number of amides is 1. The van der Waals surface area contributed by atoms with Crippen molar-refractivity contribution < 1.29 is 4.79 Å². The summed E-state index contributed by atoms with van der Waals surface area (Å²) in [7, 11) is 0. The van der Waals surface area contributed by atoms with Crippen LogP contribution < -0.4 is 0 Å². The maximum absolute atomic E-state index is 12.9. The molecule has 1 aromatic heterocycles. The van der Waals surface area contributed by atoms with E-state index in [2.05, 4.69) is 35.9 Å². The van der Waals surface area contributed by atoms with Crippen LogP contribution in [0, 0.1) is 11.8 Å². The summed E-state index contributed by atoms with van der Waals surface area (Å²) in [6.45, 7) is 6.29. The molecule has 1 amide bonds. The summed E-state index contributed by atoms with van der Waals surface area (Å²) in [5.41, 5.74) is 4.87. The zero-order valence-corrected chi connectivity index (χ0v) is 14.2. The van der Waals surface area contributed by atoms with Crippen molar-refractivity contribution in [3.63, 3.8) is 0 Å². The minimum absolute atomic E-state index is 0.205. The van der Waals surface area contributed by atoms with E-state index in [0.29, 0.717) is 11.8 Å². The van der Waals surface area contributed by atoms with E-state index in [1.54, 1.807) is 0 Å². The third-order valence-electron chi connectivity index (χ3n) is 5.50. The van der Waals surface area contributed by atoms with Crippen molar-refractivity contribution in [3.05, 3.63) is 35.0 Å². The summed E-state index contributed by atoms with van der Waals surface area (Å²) in [6.07, 6.45) is 6.06. The number of H-pyrrole nitrogens is 1. The van der Waals surface area contributed by atoms with E-state index < -0.39 is 0 Å². The van der Waals surface area contributed by atoms with Gasteiger partial charge >= 0.3 is 0 Å². The summed E-state index contributed by atoms with van der Waals surface area (Å²) in [5, 5.41) is 1.27. The number of nitrogens with zero attached hydrogens (tertiary/aromatic N) is 1. The SMILES string of the molecule is C[C@@H]1C[C@H](C)CN(C(=O)c2ccc3[nH]c4c(c3c2)CCCC4)C1. The molecule has 2 atom stereocenters. The predicted octanol–water partition coefficient (Wildman–Crippen LogP) is 4.16. The van der Waals surface area contributed by atoms with Crippen LogP contribution in [0.1, 0.15) is 54.7 Å². The monoisotopic (exact) mass is 310 g/mol. The lowest BCUT2D eigenvalue weighted by Crippen LogP contribution is -2.42. The molecular weight excluding hydrogens is 284 g/mol. The van der Waals surface area contributed by atoms with Gasteiger partial charge in [0.15, 0.2) is 0 Å². The van der Waals surface area contributed by atoms with Crippen molar-refractivity contribution >= 4 is 16.8 Å². The predicted molar refractivity (Wildman–Crippen MR) is 93.8 cm³/mol. The van der Waals surface area contributed by atoms with Crippen LogP contribution in [-0.2, 0) is 12.8 Å². The largest absolute Gasteiger partial charge is 0.358 e. The molecule has 0 spiro atoms. The lowest BCUT2D eigenvalue weighted by Gasteiger charge is -2.35. The Morgan fingerprint density at radius 1 is 1.13 bits per heavy atom. The molecule has 1 aromatic carbocycles. The molecule has 2 aliphatic rings. The van der Waals surface area contributed by atoms with E-state index in [9.17, 15) is 4.79 Å². The standard InChI is InChI=1S/C20H26N2O/c1-13-9-14(2)12-22(11-13)20(23)15-7-8-19-17(10-15)16-5-3-4-6-18(16)21-19/h7-8,10,13-14,21H,3-6,9,11-12H2,1-2H3/t13-,14+. The third kappa shape index (κ3) is 2.66. The molecule has 1 N–H and O–H groups in total. The highest BCUT2D eigenvalue weighted by molar-refractivity contribution is 5.99. The summed E-state index contributed by atoms with van der Waals surface area (Å²) in [5.74, 6) is 1.41. The number of piperidine rings is 1. The van der Waals surface area contributed by atoms with E-state index in [-0.39, 0.29) is 5.91 Å². The maximum Gasteiger partial charge on any atom is 0.253 e. The molecule has 1 aliphatic heterocycles. The first kappa shape index (κ1) is 14.8. The Bertz CT molecular complexity index is 735. The van der Waals surface area contributed by atoms with Crippen LogP contribution in [-0.4, -0.2) is 28.9 Å². The van der Waals surface area contributed by atoms with E-state index >= 15 is 0 Å². The highest BCUT2D eigenvalue weighted by Gasteiger charge is 2.26. The van der Waals surface area contributed by atoms with Gasteiger partial charge in [-0.25, -0.2) is 0 Å². The molecule has 1 fully saturated rings. The highest BCUT2D eigenvalue weighted by Crippen LogP contribution is 2.30. The van der Waals surface area contributed by atoms with Gasteiger partial charge in [-0.15, -0.1) is 0 Å². The van der Waals surface area contributed by atoms with E-state index in [1.807, 2.05) is 6.07 Å². The first-order valence-corrected chi connectivity index (χ1v) is 9.04. The number of aromatic amines is 1. The molecule has 1 aliphatic carbocycles. The van der Waals surface area contributed by atoms with Gasteiger partial charge in [0.1, 0.15) is 0 Å². The van der Waals surface area contributed by atoms with Crippen LogP contribution in [0.5, 0.6) is 0 Å². The number of aryl methyl sites for hydroxylation is 2. The fraction of sp³-hybridized carbons (Fsp3) is 0.550. The molecule has 0 saturated carbocycles. The topological polar surface area (TPSA) is 36.1 Å². The average molecular weight is 310 g/mol. The molecule has 1 saturated heterocycles. The number of nitrogens with one attached hydrogen (secondary N) is 1. The second-order valence-electron chi connectivity index (χ2n) is 7.71. The molecule has 122 valence electrons. The minimum atomic E-state index is 0.205. The van der Waals surface area contributed by atoms with Crippen molar-refractivity contribution in [1.82, 2.24) is 9.88 Å². The van der Waals surface area contributed by atoms with Crippen molar-refractivity contribution in [3.8, 4) is 0 Å². The molecule has 0 unspecified atom stereocenters. The van der Waals surface area contributed by atoms with Gasteiger partial charge in [-0.2, -0.15) is 0 Å². The van der Waals surface area contributed by atoms with Gasteiger partial charge in [0.25, 0.3) is 5.91 Å². The van der Waals surface area contributed by atoms with Gasteiger partial charge < -0.3 is 9.88 Å². The van der Waals surface area contributed by atoms with Crippen LogP contribution in [0.3, 0.4) is 0 Å². The number of aromatic nitrogens is 1. The first-order chi connectivity index (χ1) is 11.1. The van der Waals surface area contributed by atoms with Gasteiger partial charge in [0, 0.05) is 35.2 Å². The number of rotatable bonds is 1. The molecule has 2 heterocycles. The van der Waals surface area contributed by atoms with Crippen molar-refractivity contribution in [2.75, 3.05) is 13.1 Å². The Labute approximate surface area is 138 Å². The Hall–Kier alpha value is -1.77. The molecule has 3 nitrogen and oxygen atoms in total. The number of hydrogen-bond donors (Lipinski definition) is 1. The zero-order chi connectivity index (χ0) is 16.0. The van der Waals surface area contributed by atoms with Crippen molar-refractivity contribution in [2.24, 2.45) is 11.8 Å². The van der Waals surface area contributed by atoms with E-state index in [4.69, 9.17) is 0 Å². The fourth-order valence-corrected chi connectivity index (χ4v) is 4.55. The average Bonchev–Trinajstić information content (AvgIpc) is 2.91. The summed E-state index contributed by atoms with van der Waals surface area (Å²) in [6, 6.07) is 6.22. The smallest absolute Gasteiger partial charge is 0.253 e. The second-order valence-corrected chi connectivity index (χ2v) is 7.71. The highest BCUT2D eigenvalue weighted by atomic mass is 16.2. The van der Waals surface area contributed by atoms with Crippen molar-refractivity contribution in [1.29, 1.82) is 0 Å². The van der Waals surface area contributed by atoms with Crippen molar-refractivity contribution in [2.45, 2.75) is 46.0 Å². The Balaban J connectivity index is 1.67. The number of carbonyl (C=O) groups is 1. The fourth-order valence-electron chi connectivity index (χ4n) is 4.55. The lowest BCUT2D eigenvalue weighted by molar-refractivity contribution is 0.0623. The number of carbonyl (C=O) groups excluding carboxylic acids is 1. The van der Waals surface area contributed by atoms with Crippen LogP contribution in [0.25, 0.3) is 10.9 Å². The van der Waals surface area contributed by atoms with Crippen LogP contribution in [0.15, 0.2) is 18.2 Å². The number of likely N-dealkylation sites (tertiary alicyclic amines) is 1. The van der Waals surface area contributed by atoms with Gasteiger partial charge in [-0.1, -0.05) is 13.8 Å². The Kier molecular flexibility index (Phi) is 3.67. The van der Waals surface area contributed by atoms with Crippen LogP contribution >= 0.6 is 0 Å². The maximum atomic E-state index is 12.9. The molecule has 0 bridgehead atoms. The van der Waals surface area contributed by atoms with E-state index in [1.165, 1.54) is 41.4 Å². The number of hydrogen-bond acceptors (Lipinski definition) is 1. The number of fused-ring (bicyclic) bond motifs is 3. The molecule has 3 heteroatoms. The second kappa shape index (κ2) is 5.70.